The molecular weight excluding hydrogens is 268 g/mol. The maximum Gasteiger partial charge on any atom is 0.237 e. The summed E-state index contributed by atoms with van der Waals surface area (Å²) in [5.74, 6) is 1.64. The van der Waals surface area contributed by atoms with Gasteiger partial charge in [-0.25, -0.2) is 0 Å². The van der Waals surface area contributed by atoms with Crippen molar-refractivity contribution >= 4 is 17.7 Å². The van der Waals surface area contributed by atoms with Crippen LogP contribution < -0.4 is 11.1 Å². The number of thioether (sulfide) groups is 1. The monoisotopic (exact) mass is 294 g/mol. The molecule has 1 unspecified atom stereocenters. The molecule has 0 aromatic heterocycles. The smallest absolute Gasteiger partial charge is 0.237 e. The Bertz CT molecular complexity index is 436. The molecule has 0 heterocycles. The SMILES string of the molecule is CCCNC(C)(CCSCc1cccc(C)c1)C(N)=O. The van der Waals surface area contributed by atoms with Crippen molar-refractivity contribution in [1.82, 2.24) is 5.32 Å². The molecule has 1 aromatic carbocycles. The molecule has 0 spiro atoms. The van der Waals surface area contributed by atoms with E-state index in [9.17, 15) is 4.79 Å². The lowest BCUT2D eigenvalue weighted by atomic mass is 9.98. The van der Waals surface area contributed by atoms with Crippen LogP contribution in [0.25, 0.3) is 0 Å². The zero-order valence-electron chi connectivity index (χ0n) is 12.7. The standard InChI is InChI=1S/C16H26N2OS/c1-4-9-18-16(3,15(17)19)8-10-20-12-14-7-5-6-13(2)11-14/h5-7,11,18H,4,8-10,12H2,1-3H3,(H2,17,19). The summed E-state index contributed by atoms with van der Waals surface area (Å²) < 4.78 is 0. The molecule has 0 fully saturated rings. The van der Waals surface area contributed by atoms with Crippen LogP contribution in [0, 0.1) is 6.92 Å². The fraction of sp³-hybridized carbons (Fsp3) is 0.562. The van der Waals surface area contributed by atoms with Gasteiger partial charge in [0, 0.05) is 5.75 Å². The largest absolute Gasteiger partial charge is 0.368 e. The number of carbonyl (C=O) groups excluding carboxylic acids is 1. The number of aryl methyl sites for hydroxylation is 1. The molecule has 3 nitrogen and oxygen atoms in total. The van der Waals surface area contributed by atoms with Gasteiger partial charge in [0.05, 0.1) is 5.54 Å². The molecule has 0 saturated heterocycles. The van der Waals surface area contributed by atoms with Crippen molar-refractivity contribution in [3.8, 4) is 0 Å². The van der Waals surface area contributed by atoms with E-state index in [0.717, 1.165) is 30.9 Å². The second-order valence-corrected chi connectivity index (χ2v) is 6.52. The maximum atomic E-state index is 11.6. The highest BCUT2D eigenvalue weighted by Crippen LogP contribution is 2.18. The van der Waals surface area contributed by atoms with Crippen molar-refractivity contribution in [3.05, 3.63) is 35.4 Å². The highest BCUT2D eigenvalue weighted by molar-refractivity contribution is 7.98. The summed E-state index contributed by atoms with van der Waals surface area (Å²) in [6, 6.07) is 8.53. The number of nitrogens with two attached hydrogens (primary N) is 1. The number of benzene rings is 1. The quantitative estimate of drug-likeness (QED) is 0.689. The summed E-state index contributed by atoms with van der Waals surface area (Å²) in [5, 5.41) is 3.27. The van der Waals surface area contributed by atoms with Gasteiger partial charge in [0.25, 0.3) is 0 Å². The third-order valence-electron chi connectivity index (χ3n) is 3.41. The number of rotatable bonds is 9. The van der Waals surface area contributed by atoms with E-state index in [1.54, 1.807) is 0 Å². The molecular formula is C16H26N2OS. The second-order valence-electron chi connectivity index (χ2n) is 5.41. The summed E-state index contributed by atoms with van der Waals surface area (Å²) in [6.45, 7) is 6.91. The molecule has 3 N–H and O–H groups in total. The Morgan fingerprint density at radius 3 is 2.80 bits per heavy atom. The molecule has 1 atom stereocenters. The predicted molar refractivity (Wildman–Crippen MR) is 87.9 cm³/mol. The lowest BCUT2D eigenvalue weighted by Gasteiger charge is -2.27. The Hall–Kier alpha value is -1.00. The van der Waals surface area contributed by atoms with Crippen LogP contribution in [0.1, 0.15) is 37.8 Å². The minimum absolute atomic E-state index is 0.262. The van der Waals surface area contributed by atoms with Crippen LogP contribution in [-0.2, 0) is 10.5 Å². The number of hydrogen-bond donors (Lipinski definition) is 2. The van der Waals surface area contributed by atoms with Gasteiger partial charge in [-0.15, -0.1) is 0 Å². The van der Waals surface area contributed by atoms with E-state index in [1.807, 2.05) is 18.7 Å². The Morgan fingerprint density at radius 1 is 1.45 bits per heavy atom. The fourth-order valence-corrected chi connectivity index (χ4v) is 3.08. The van der Waals surface area contributed by atoms with Crippen LogP contribution in [0.4, 0.5) is 0 Å². The van der Waals surface area contributed by atoms with Crippen molar-refractivity contribution in [2.24, 2.45) is 5.73 Å². The Morgan fingerprint density at radius 2 is 2.20 bits per heavy atom. The molecule has 0 aliphatic heterocycles. The van der Waals surface area contributed by atoms with Gasteiger partial charge in [-0.3, -0.25) is 4.79 Å². The van der Waals surface area contributed by atoms with E-state index in [4.69, 9.17) is 5.73 Å². The van der Waals surface area contributed by atoms with Gasteiger partial charge in [0.1, 0.15) is 0 Å². The summed E-state index contributed by atoms with van der Waals surface area (Å²) >= 11 is 1.85. The summed E-state index contributed by atoms with van der Waals surface area (Å²) in [5.41, 5.74) is 7.54. The van der Waals surface area contributed by atoms with Crippen LogP contribution in [0.5, 0.6) is 0 Å². The minimum atomic E-state index is -0.588. The van der Waals surface area contributed by atoms with Gasteiger partial charge in [0.15, 0.2) is 0 Å². The first kappa shape index (κ1) is 17.1. The van der Waals surface area contributed by atoms with Crippen molar-refractivity contribution in [1.29, 1.82) is 0 Å². The normalized spacial score (nSPS) is 13.9. The van der Waals surface area contributed by atoms with E-state index < -0.39 is 5.54 Å². The summed E-state index contributed by atoms with van der Waals surface area (Å²) in [4.78, 5) is 11.6. The van der Waals surface area contributed by atoms with Crippen LogP contribution in [-0.4, -0.2) is 23.7 Å². The highest BCUT2D eigenvalue weighted by atomic mass is 32.2. The van der Waals surface area contributed by atoms with E-state index >= 15 is 0 Å². The lowest BCUT2D eigenvalue weighted by Crippen LogP contribution is -2.53. The average molecular weight is 294 g/mol. The van der Waals surface area contributed by atoms with E-state index in [1.165, 1.54) is 11.1 Å². The zero-order valence-corrected chi connectivity index (χ0v) is 13.6. The van der Waals surface area contributed by atoms with Gasteiger partial charge < -0.3 is 11.1 Å². The van der Waals surface area contributed by atoms with Crippen LogP contribution in [0.3, 0.4) is 0 Å². The lowest BCUT2D eigenvalue weighted by molar-refractivity contribution is -0.123. The van der Waals surface area contributed by atoms with Crippen molar-refractivity contribution in [3.63, 3.8) is 0 Å². The molecule has 1 rings (SSSR count). The third kappa shape index (κ3) is 5.55. The van der Waals surface area contributed by atoms with Crippen molar-refractivity contribution < 1.29 is 4.79 Å². The first-order chi connectivity index (χ1) is 9.48. The average Bonchev–Trinajstić information content (AvgIpc) is 2.41. The fourth-order valence-electron chi connectivity index (χ4n) is 1.97. The summed E-state index contributed by atoms with van der Waals surface area (Å²) in [6.07, 6.45) is 1.76. The molecule has 0 saturated carbocycles. The molecule has 0 aliphatic rings. The molecule has 112 valence electrons. The predicted octanol–water partition coefficient (Wildman–Crippen LogP) is 2.86. The Labute approximate surface area is 126 Å². The van der Waals surface area contributed by atoms with Gasteiger partial charge in [-0.05, 0) is 44.6 Å². The van der Waals surface area contributed by atoms with Crippen molar-refractivity contribution in [2.45, 2.75) is 44.9 Å². The second kappa shape index (κ2) is 8.32. The number of nitrogens with one attached hydrogen (secondary N) is 1. The van der Waals surface area contributed by atoms with E-state index in [-0.39, 0.29) is 5.91 Å². The van der Waals surface area contributed by atoms with E-state index in [0.29, 0.717) is 0 Å². The van der Waals surface area contributed by atoms with Gasteiger partial charge in [-0.2, -0.15) is 11.8 Å². The van der Waals surface area contributed by atoms with Crippen LogP contribution in [0.15, 0.2) is 24.3 Å². The number of amides is 1. The van der Waals surface area contributed by atoms with E-state index in [2.05, 4.69) is 43.4 Å². The van der Waals surface area contributed by atoms with Crippen molar-refractivity contribution in [2.75, 3.05) is 12.3 Å². The first-order valence-electron chi connectivity index (χ1n) is 7.16. The first-order valence-corrected chi connectivity index (χ1v) is 8.31. The third-order valence-corrected chi connectivity index (χ3v) is 4.44. The summed E-state index contributed by atoms with van der Waals surface area (Å²) in [7, 11) is 0. The highest BCUT2D eigenvalue weighted by Gasteiger charge is 2.29. The molecule has 1 amide bonds. The maximum absolute atomic E-state index is 11.6. The van der Waals surface area contributed by atoms with Crippen LogP contribution in [0.2, 0.25) is 0 Å². The number of hydrogen-bond acceptors (Lipinski definition) is 3. The number of carbonyl (C=O) groups is 1. The molecule has 0 radical (unpaired) electrons. The van der Waals surface area contributed by atoms with Gasteiger partial charge in [0.2, 0.25) is 5.91 Å². The molecule has 4 heteroatoms. The molecule has 1 aromatic rings. The van der Waals surface area contributed by atoms with Gasteiger partial charge in [-0.1, -0.05) is 36.8 Å². The zero-order chi connectivity index (χ0) is 15.0. The molecule has 20 heavy (non-hydrogen) atoms. The molecule has 0 bridgehead atoms. The Balaban J connectivity index is 2.39. The minimum Gasteiger partial charge on any atom is -0.368 e. The topological polar surface area (TPSA) is 55.1 Å². The van der Waals surface area contributed by atoms with Crippen LogP contribution >= 0.6 is 11.8 Å². The Kier molecular flexibility index (Phi) is 7.10. The number of primary amides is 1. The molecule has 0 aliphatic carbocycles. The van der Waals surface area contributed by atoms with Gasteiger partial charge >= 0.3 is 0 Å².